The van der Waals surface area contributed by atoms with Crippen LogP contribution in [-0.4, -0.2) is 61.9 Å². The van der Waals surface area contributed by atoms with Crippen molar-refractivity contribution in [2.24, 2.45) is 11.8 Å². The van der Waals surface area contributed by atoms with Gasteiger partial charge >= 0.3 is 0 Å². The molecule has 2 atom stereocenters. The van der Waals surface area contributed by atoms with Gasteiger partial charge < -0.3 is 9.80 Å². The first-order valence-corrected chi connectivity index (χ1v) is 10.2. The van der Waals surface area contributed by atoms with Crippen molar-refractivity contribution in [3.8, 4) is 0 Å². The summed E-state index contributed by atoms with van der Waals surface area (Å²) in [5.41, 5.74) is 0.965. The maximum absolute atomic E-state index is 13.2. The van der Waals surface area contributed by atoms with E-state index in [1.165, 1.54) is 30.0 Å². The Hall–Kier alpha value is -2.64. The van der Waals surface area contributed by atoms with Gasteiger partial charge in [-0.05, 0) is 38.5 Å². The number of amides is 2. The lowest BCUT2D eigenvalue weighted by atomic mass is 9.83. The van der Waals surface area contributed by atoms with E-state index in [0.717, 1.165) is 25.1 Å². The molecule has 3 aliphatic heterocycles. The lowest BCUT2D eigenvalue weighted by molar-refractivity contribution is -0.141. The highest BCUT2D eigenvalue weighted by atomic mass is 16.2. The fourth-order valence-corrected chi connectivity index (χ4v) is 4.80. The summed E-state index contributed by atoms with van der Waals surface area (Å²) in [6.07, 6.45) is 6.76. The third-order valence-electron chi connectivity index (χ3n) is 6.61. The maximum Gasteiger partial charge on any atom is 0.285 e. The predicted molar refractivity (Wildman–Crippen MR) is 102 cm³/mol. The second-order valence-electron chi connectivity index (χ2n) is 8.54. The van der Waals surface area contributed by atoms with Crippen LogP contribution in [0.25, 0.3) is 5.65 Å². The third kappa shape index (κ3) is 2.73. The molecular formula is C20H25N5O3. The SMILES string of the molecule is Cc1cc2ncc(C(=O)N3C[C@H]4CC[C@@H](C3)N(CC3CCC3)C4=O)c(=O)n2[nH]1. The van der Waals surface area contributed by atoms with E-state index in [1.807, 2.05) is 11.8 Å². The van der Waals surface area contributed by atoms with Crippen LogP contribution in [0, 0.1) is 18.8 Å². The van der Waals surface area contributed by atoms with Gasteiger partial charge in [0.2, 0.25) is 5.91 Å². The number of carbonyl (C=O) groups excluding carboxylic acids is 2. The number of hydrogen-bond donors (Lipinski definition) is 1. The van der Waals surface area contributed by atoms with Crippen molar-refractivity contribution in [1.29, 1.82) is 0 Å². The van der Waals surface area contributed by atoms with Gasteiger partial charge in [0.15, 0.2) is 5.65 Å². The van der Waals surface area contributed by atoms with Crippen molar-refractivity contribution in [1.82, 2.24) is 24.4 Å². The Morgan fingerprint density at radius 3 is 2.79 bits per heavy atom. The molecule has 0 unspecified atom stereocenters. The molecular weight excluding hydrogens is 358 g/mol. The number of aromatic nitrogens is 3. The fraction of sp³-hybridized carbons (Fsp3) is 0.600. The van der Waals surface area contributed by atoms with Crippen LogP contribution in [0.1, 0.15) is 48.2 Å². The monoisotopic (exact) mass is 383 g/mol. The molecule has 2 aromatic rings. The van der Waals surface area contributed by atoms with Crippen LogP contribution in [0.2, 0.25) is 0 Å². The minimum atomic E-state index is -0.391. The van der Waals surface area contributed by atoms with Crippen molar-refractivity contribution >= 4 is 17.5 Å². The zero-order chi connectivity index (χ0) is 19.4. The molecule has 4 aliphatic rings. The van der Waals surface area contributed by atoms with Crippen molar-refractivity contribution < 1.29 is 9.59 Å². The second-order valence-corrected chi connectivity index (χ2v) is 8.54. The Bertz CT molecular complexity index is 1000. The number of nitrogens with one attached hydrogen (secondary N) is 1. The first-order chi connectivity index (χ1) is 13.5. The molecule has 1 N–H and O–H groups in total. The van der Waals surface area contributed by atoms with Crippen LogP contribution >= 0.6 is 0 Å². The minimum absolute atomic E-state index is 0.0543. The molecule has 2 bridgehead atoms. The number of hydrogen-bond acceptors (Lipinski definition) is 4. The van der Waals surface area contributed by atoms with Gasteiger partial charge in [0, 0.05) is 43.6 Å². The number of piperidine rings is 1. The summed E-state index contributed by atoms with van der Waals surface area (Å²) < 4.78 is 1.31. The number of fused-ring (bicyclic) bond motifs is 5. The van der Waals surface area contributed by atoms with Gasteiger partial charge in [-0.3, -0.25) is 19.5 Å². The van der Waals surface area contributed by atoms with E-state index in [0.29, 0.717) is 24.7 Å². The van der Waals surface area contributed by atoms with Crippen molar-refractivity contribution in [2.45, 2.75) is 45.1 Å². The topological polar surface area (TPSA) is 90.8 Å². The molecule has 6 rings (SSSR count). The number of H-pyrrole nitrogens is 1. The number of carbonyl (C=O) groups is 2. The molecule has 1 aliphatic carbocycles. The molecule has 8 nitrogen and oxygen atoms in total. The van der Waals surface area contributed by atoms with Crippen molar-refractivity contribution in [3.05, 3.63) is 33.9 Å². The molecule has 3 saturated heterocycles. The number of aryl methyl sites for hydroxylation is 1. The highest BCUT2D eigenvalue weighted by Crippen LogP contribution is 2.34. The fourth-order valence-electron chi connectivity index (χ4n) is 4.80. The molecule has 0 spiro atoms. The zero-order valence-electron chi connectivity index (χ0n) is 16.1. The van der Waals surface area contributed by atoms with Crippen molar-refractivity contribution in [2.75, 3.05) is 19.6 Å². The van der Waals surface area contributed by atoms with E-state index >= 15 is 0 Å². The molecule has 8 heteroatoms. The van der Waals surface area contributed by atoms with E-state index in [-0.39, 0.29) is 29.3 Å². The van der Waals surface area contributed by atoms with E-state index in [4.69, 9.17) is 0 Å². The second kappa shape index (κ2) is 6.46. The summed E-state index contributed by atoms with van der Waals surface area (Å²) in [6, 6.07) is 1.82. The Kier molecular flexibility index (Phi) is 4.03. The van der Waals surface area contributed by atoms with Crippen LogP contribution in [0.5, 0.6) is 0 Å². The first-order valence-electron chi connectivity index (χ1n) is 10.2. The molecule has 148 valence electrons. The van der Waals surface area contributed by atoms with Crippen LogP contribution in [0.15, 0.2) is 17.1 Å². The van der Waals surface area contributed by atoms with E-state index in [9.17, 15) is 14.4 Å². The molecule has 4 fully saturated rings. The van der Waals surface area contributed by atoms with E-state index in [2.05, 4.69) is 10.1 Å². The molecule has 1 saturated carbocycles. The lowest BCUT2D eigenvalue weighted by Gasteiger charge is -2.40. The molecule has 2 amide bonds. The predicted octanol–water partition coefficient (Wildman–Crippen LogP) is 1.19. The molecule has 2 aromatic heterocycles. The van der Waals surface area contributed by atoms with E-state index in [1.54, 1.807) is 11.0 Å². The van der Waals surface area contributed by atoms with Gasteiger partial charge in [-0.1, -0.05) is 6.42 Å². The normalized spacial score (nSPS) is 25.2. The zero-order valence-corrected chi connectivity index (χ0v) is 16.1. The summed E-state index contributed by atoms with van der Waals surface area (Å²) in [4.78, 5) is 46.9. The van der Waals surface area contributed by atoms with Crippen molar-refractivity contribution in [3.63, 3.8) is 0 Å². The number of aromatic amines is 1. The van der Waals surface area contributed by atoms with Gasteiger partial charge in [0.1, 0.15) is 5.56 Å². The number of rotatable bonds is 3. The summed E-state index contributed by atoms with van der Waals surface area (Å²) in [5.74, 6) is 0.313. The minimum Gasteiger partial charge on any atom is -0.337 e. The average molecular weight is 383 g/mol. The maximum atomic E-state index is 13.2. The largest absolute Gasteiger partial charge is 0.337 e. The third-order valence-corrected chi connectivity index (χ3v) is 6.61. The van der Waals surface area contributed by atoms with Gasteiger partial charge in [0.25, 0.3) is 11.5 Å². The van der Waals surface area contributed by atoms with E-state index < -0.39 is 5.56 Å². The van der Waals surface area contributed by atoms with Gasteiger partial charge in [-0.15, -0.1) is 0 Å². The van der Waals surface area contributed by atoms with Gasteiger partial charge in [-0.25, -0.2) is 9.50 Å². The number of nitrogens with zero attached hydrogens (tertiary/aromatic N) is 4. The lowest BCUT2D eigenvalue weighted by Crippen LogP contribution is -2.50. The summed E-state index contributed by atoms with van der Waals surface area (Å²) in [7, 11) is 0. The van der Waals surface area contributed by atoms with Crippen LogP contribution in [0.3, 0.4) is 0 Å². The Balaban J connectivity index is 1.42. The average Bonchev–Trinajstić information content (AvgIpc) is 2.82. The Labute approximate surface area is 162 Å². The van der Waals surface area contributed by atoms with Crippen LogP contribution in [0.4, 0.5) is 0 Å². The van der Waals surface area contributed by atoms with Gasteiger partial charge in [0.05, 0.1) is 5.92 Å². The first kappa shape index (κ1) is 17.5. The highest BCUT2D eigenvalue weighted by molar-refractivity contribution is 5.94. The molecule has 0 aromatic carbocycles. The smallest absolute Gasteiger partial charge is 0.285 e. The summed E-state index contributed by atoms with van der Waals surface area (Å²) >= 11 is 0. The highest BCUT2D eigenvalue weighted by Gasteiger charge is 2.43. The molecule has 5 heterocycles. The molecule has 28 heavy (non-hydrogen) atoms. The Morgan fingerprint density at radius 1 is 1.21 bits per heavy atom. The summed E-state index contributed by atoms with van der Waals surface area (Å²) in [5, 5.41) is 2.92. The quantitative estimate of drug-likeness (QED) is 0.862. The molecule has 0 radical (unpaired) electrons. The van der Waals surface area contributed by atoms with Crippen LogP contribution < -0.4 is 5.56 Å². The Morgan fingerprint density at radius 2 is 2.04 bits per heavy atom. The van der Waals surface area contributed by atoms with Gasteiger partial charge in [-0.2, -0.15) is 0 Å². The standard InChI is InChI=1S/C20H25N5O3/c1-12-7-17-21-8-16(20(28)25(17)22-12)19(27)23-10-14-5-6-15(11-23)24(18(14)26)9-13-3-2-4-13/h7-8,13-15,22H,2-6,9-11H2,1H3/t14-,15+/m1/s1. The van der Waals surface area contributed by atoms with Crippen LogP contribution in [-0.2, 0) is 4.79 Å². The summed E-state index contributed by atoms with van der Waals surface area (Å²) in [6.45, 7) is 3.55.